The van der Waals surface area contributed by atoms with Gasteiger partial charge >= 0.3 is 0 Å². The second-order valence-electron chi connectivity index (χ2n) is 5.45. The van der Waals surface area contributed by atoms with E-state index in [4.69, 9.17) is 9.47 Å². The maximum Gasteiger partial charge on any atom is 0.134 e. The largest absolute Gasteiger partial charge is 0.366 e. The van der Waals surface area contributed by atoms with Crippen LogP contribution < -0.4 is 0 Å². The first-order valence-electron chi connectivity index (χ1n) is 7.98. The van der Waals surface area contributed by atoms with Gasteiger partial charge in [-0.3, -0.25) is 0 Å². The zero-order chi connectivity index (χ0) is 17.3. The molecule has 0 spiro atoms. The third kappa shape index (κ3) is 4.31. The second kappa shape index (κ2) is 9.02. The maximum atomic E-state index is 6.23. The van der Waals surface area contributed by atoms with Crippen LogP contribution in [0.3, 0.4) is 0 Å². The number of ether oxygens (including phenoxy) is 2. The molecular formula is C22H24O2. The van der Waals surface area contributed by atoms with Crippen LogP contribution in [0.4, 0.5) is 0 Å². The smallest absolute Gasteiger partial charge is 0.134 e. The molecule has 0 saturated heterocycles. The van der Waals surface area contributed by atoms with E-state index in [-0.39, 0.29) is 6.10 Å². The van der Waals surface area contributed by atoms with Crippen molar-refractivity contribution in [3.63, 3.8) is 0 Å². The molecule has 2 aromatic rings. The van der Waals surface area contributed by atoms with E-state index >= 15 is 0 Å². The number of benzene rings is 2. The summed E-state index contributed by atoms with van der Waals surface area (Å²) in [7, 11) is 0. The van der Waals surface area contributed by atoms with Gasteiger partial charge in [-0.2, -0.15) is 0 Å². The monoisotopic (exact) mass is 320 g/mol. The standard InChI is InChI=1S/C22H24O2/c1-4-17-23-21(20-15-11-8-12-16-20)22(5-2,6-3)24-18-19-13-9-7-10-14-19/h4-16,21H,1-3,17-18H2/t21-/m1/s1. The molecule has 24 heavy (non-hydrogen) atoms. The molecule has 0 amide bonds. The summed E-state index contributed by atoms with van der Waals surface area (Å²) in [6.45, 7) is 12.5. The van der Waals surface area contributed by atoms with Crippen LogP contribution in [0.15, 0.2) is 98.6 Å². The Morgan fingerprint density at radius 3 is 2.00 bits per heavy atom. The van der Waals surface area contributed by atoms with Crippen LogP contribution >= 0.6 is 0 Å². The molecule has 1 atom stereocenters. The molecule has 0 aromatic heterocycles. The molecule has 124 valence electrons. The number of rotatable bonds is 10. The minimum Gasteiger partial charge on any atom is -0.366 e. The summed E-state index contributed by atoms with van der Waals surface area (Å²) in [5, 5.41) is 0. The lowest BCUT2D eigenvalue weighted by atomic mass is 9.90. The van der Waals surface area contributed by atoms with Crippen molar-refractivity contribution >= 4 is 0 Å². The Bertz CT molecular complexity index is 638. The Hall–Kier alpha value is -2.42. The van der Waals surface area contributed by atoms with E-state index in [1.807, 2.05) is 60.7 Å². The highest BCUT2D eigenvalue weighted by molar-refractivity contribution is 5.28. The first-order valence-corrected chi connectivity index (χ1v) is 7.98. The quantitative estimate of drug-likeness (QED) is 0.556. The third-order valence-corrected chi connectivity index (χ3v) is 3.86. The molecule has 0 unspecified atom stereocenters. The van der Waals surface area contributed by atoms with Gasteiger partial charge in [0.15, 0.2) is 0 Å². The third-order valence-electron chi connectivity index (χ3n) is 3.86. The van der Waals surface area contributed by atoms with Gasteiger partial charge in [0.2, 0.25) is 0 Å². The van der Waals surface area contributed by atoms with Crippen molar-refractivity contribution in [2.24, 2.45) is 0 Å². The van der Waals surface area contributed by atoms with E-state index in [0.717, 1.165) is 11.1 Å². The SMILES string of the molecule is C=CCO[C@H](c1ccccc1)C(C=C)(C=C)OCc1ccccc1. The van der Waals surface area contributed by atoms with E-state index in [9.17, 15) is 0 Å². The predicted octanol–water partition coefficient (Wildman–Crippen LogP) is 5.26. The van der Waals surface area contributed by atoms with Crippen LogP contribution in [-0.2, 0) is 16.1 Å². The molecule has 0 fully saturated rings. The van der Waals surface area contributed by atoms with Gasteiger partial charge in [-0.1, -0.05) is 92.0 Å². The molecule has 0 bridgehead atoms. The van der Waals surface area contributed by atoms with Crippen molar-refractivity contribution in [2.45, 2.75) is 18.3 Å². The molecule has 2 nitrogen and oxygen atoms in total. The molecule has 2 heteroatoms. The van der Waals surface area contributed by atoms with Crippen molar-refractivity contribution in [3.05, 3.63) is 110 Å². The summed E-state index contributed by atoms with van der Waals surface area (Å²) in [5.41, 5.74) is 1.26. The van der Waals surface area contributed by atoms with Gasteiger partial charge in [0.1, 0.15) is 11.7 Å². The van der Waals surface area contributed by atoms with Crippen LogP contribution in [0.25, 0.3) is 0 Å². The fraction of sp³-hybridized carbons (Fsp3) is 0.182. The minimum atomic E-state index is -0.833. The minimum absolute atomic E-state index is 0.351. The summed E-state index contributed by atoms with van der Waals surface area (Å²) in [5.74, 6) is 0. The van der Waals surface area contributed by atoms with E-state index in [2.05, 4.69) is 19.7 Å². The summed E-state index contributed by atoms with van der Waals surface area (Å²) in [6, 6.07) is 20.0. The van der Waals surface area contributed by atoms with Crippen molar-refractivity contribution < 1.29 is 9.47 Å². The molecular weight excluding hydrogens is 296 g/mol. The van der Waals surface area contributed by atoms with Crippen LogP contribution in [-0.4, -0.2) is 12.2 Å². The highest BCUT2D eigenvalue weighted by atomic mass is 16.5. The summed E-state index contributed by atoms with van der Waals surface area (Å²) in [4.78, 5) is 0. The molecule has 0 N–H and O–H groups in total. The van der Waals surface area contributed by atoms with Crippen molar-refractivity contribution in [1.82, 2.24) is 0 Å². The first kappa shape index (κ1) is 17.9. The molecule has 0 heterocycles. The van der Waals surface area contributed by atoms with E-state index in [0.29, 0.717) is 13.2 Å². The number of hydrogen-bond donors (Lipinski definition) is 0. The summed E-state index contributed by atoms with van der Waals surface area (Å²) >= 11 is 0. The first-order chi connectivity index (χ1) is 11.8. The van der Waals surface area contributed by atoms with Gasteiger partial charge in [-0.25, -0.2) is 0 Å². The maximum absolute atomic E-state index is 6.23. The van der Waals surface area contributed by atoms with Crippen molar-refractivity contribution in [1.29, 1.82) is 0 Å². The molecule has 2 aromatic carbocycles. The lowest BCUT2D eigenvalue weighted by molar-refractivity contribution is -0.0966. The Kier molecular flexibility index (Phi) is 6.74. The lowest BCUT2D eigenvalue weighted by Gasteiger charge is -2.36. The average Bonchev–Trinajstić information content (AvgIpc) is 2.66. The Balaban J connectivity index is 2.30. The average molecular weight is 320 g/mol. The topological polar surface area (TPSA) is 18.5 Å². The summed E-state index contributed by atoms with van der Waals surface area (Å²) in [6.07, 6.45) is 4.88. The van der Waals surface area contributed by atoms with Gasteiger partial charge < -0.3 is 9.47 Å². The van der Waals surface area contributed by atoms with Crippen LogP contribution in [0, 0.1) is 0 Å². The van der Waals surface area contributed by atoms with Crippen molar-refractivity contribution in [3.8, 4) is 0 Å². The molecule has 2 rings (SSSR count). The van der Waals surface area contributed by atoms with Crippen LogP contribution in [0.5, 0.6) is 0 Å². The molecule has 0 radical (unpaired) electrons. The zero-order valence-electron chi connectivity index (χ0n) is 13.9. The molecule has 0 saturated carbocycles. The lowest BCUT2D eigenvalue weighted by Crippen LogP contribution is -2.37. The highest BCUT2D eigenvalue weighted by Gasteiger charge is 2.36. The normalized spacial score (nSPS) is 12.3. The van der Waals surface area contributed by atoms with Crippen molar-refractivity contribution in [2.75, 3.05) is 6.61 Å². The fourth-order valence-corrected chi connectivity index (χ4v) is 2.55. The van der Waals surface area contributed by atoms with Crippen LogP contribution in [0.2, 0.25) is 0 Å². The summed E-state index contributed by atoms with van der Waals surface area (Å²) < 4.78 is 12.3. The van der Waals surface area contributed by atoms with Gasteiger partial charge in [0, 0.05) is 0 Å². The molecule has 0 aliphatic carbocycles. The van der Waals surface area contributed by atoms with Crippen LogP contribution in [0.1, 0.15) is 17.2 Å². The predicted molar refractivity (Wildman–Crippen MR) is 99.7 cm³/mol. The fourth-order valence-electron chi connectivity index (χ4n) is 2.55. The molecule has 0 aliphatic heterocycles. The van der Waals surface area contributed by atoms with E-state index < -0.39 is 5.60 Å². The Morgan fingerprint density at radius 2 is 1.46 bits per heavy atom. The molecule has 0 aliphatic rings. The highest BCUT2D eigenvalue weighted by Crippen LogP contribution is 2.36. The number of hydrogen-bond acceptors (Lipinski definition) is 2. The Labute approximate surface area is 144 Å². The van der Waals surface area contributed by atoms with Gasteiger partial charge in [0.25, 0.3) is 0 Å². The Morgan fingerprint density at radius 1 is 0.875 bits per heavy atom. The zero-order valence-corrected chi connectivity index (χ0v) is 13.9. The van der Waals surface area contributed by atoms with Gasteiger partial charge in [0.05, 0.1) is 13.2 Å². The second-order valence-corrected chi connectivity index (χ2v) is 5.45. The van der Waals surface area contributed by atoms with Gasteiger partial charge in [-0.15, -0.1) is 6.58 Å². The van der Waals surface area contributed by atoms with Gasteiger partial charge in [-0.05, 0) is 11.1 Å². The van der Waals surface area contributed by atoms with E-state index in [1.54, 1.807) is 18.2 Å². The van der Waals surface area contributed by atoms with E-state index in [1.165, 1.54) is 0 Å².